The van der Waals surface area contributed by atoms with Crippen LogP contribution in [0, 0.1) is 0 Å². The number of cyclic esters (lactones) is 1. The number of anilines is 2. The first-order valence-corrected chi connectivity index (χ1v) is 8.96. The fraction of sp³-hybridized carbons (Fsp3) is 0.214. The SMILES string of the molecule is CC1COC(=O)Nc2ccc(NS(=O)(=O)c3cccs3)cc21. The van der Waals surface area contributed by atoms with Gasteiger partial charge in [0.15, 0.2) is 0 Å². The van der Waals surface area contributed by atoms with Gasteiger partial charge in [-0.15, -0.1) is 11.3 Å². The van der Waals surface area contributed by atoms with Crippen LogP contribution in [-0.4, -0.2) is 21.1 Å². The van der Waals surface area contributed by atoms with E-state index in [9.17, 15) is 13.2 Å². The topological polar surface area (TPSA) is 84.5 Å². The Hall–Kier alpha value is -2.06. The van der Waals surface area contributed by atoms with E-state index >= 15 is 0 Å². The predicted molar refractivity (Wildman–Crippen MR) is 85.0 cm³/mol. The molecular formula is C14H14N2O4S2. The number of benzene rings is 1. The first-order valence-electron chi connectivity index (χ1n) is 6.60. The molecule has 0 radical (unpaired) electrons. The summed E-state index contributed by atoms with van der Waals surface area (Å²) in [6.45, 7) is 2.16. The molecule has 1 amide bonds. The minimum absolute atomic E-state index is 0.0276. The second kappa shape index (κ2) is 5.62. The van der Waals surface area contributed by atoms with Crippen LogP contribution >= 0.6 is 11.3 Å². The van der Waals surface area contributed by atoms with Crippen LogP contribution in [0.3, 0.4) is 0 Å². The maximum Gasteiger partial charge on any atom is 0.411 e. The molecule has 2 heterocycles. The predicted octanol–water partition coefficient (Wildman–Crippen LogP) is 3.21. The van der Waals surface area contributed by atoms with Crippen molar-refractivity contribution >= 4 is 38.8 Å². The van der Waals surface area contributed by atoms with Gasteiger partial charge < -0.3 is 4.74 Å². The van der Waals surface area contributed by atoms with Gasteiger partial charge in [0, 0.05) is 17.3 Å². The lowest BCUT2D eigenvalue weighted by atomic mass is 10.00. The Balaban J connectivity index is 1.92. The molecule has 1 aliphatic rings. The lowest BCUT2D eigenvalue weighted by Gasteiger charge is -2.13. The first-order chi connectivity index (χ1) is 10.5. The minimum Gasteiger partial charge on any atom is -0.449 e. The van der Waals surface area contributed by atoms with E-state index in [4.69, 9.17) is 4.74 Å². The van der Waals surface area contributed by atoms with Crippen LogP contribution in [0.4, 0.5) is 16.2 Å². The van der Waals surface area contributed by atoms with Crippen molar-refractivity contribution in [2.24, 2.45) is 0 Å². The maximum atomic E-state index is 12.2. The van der Waals surface area contributed by atoms with E-state index in [1.165, 1.54) is 0 Å². The number of carbonyl (C=O) groups is 1. The van der Waals surface area contributed by atoms with Gasteiger partial charge in [-0.25, -0.2) is 13.2 Å². The smallest absolute Gasteiger partial charge is 0.411 e. The number of amides is 1. The monoisotopic (exact) mass is 338 g/mol. The highest BCUT2D eigenvalue weighted by atomic mass is 32.2. The summed E-state index contributed by atoms with van der Waals surface area (Å²) in [6, 6.07) is 8.24. The molecule has 22 heavy (non-hydrogen) atoms. The summed E-state index contributed by atoms with van der Waals surface area (Å²) >= 11 is 1.15. The fourth-order valence-electron chi connectivity index (χ4n) is 2.21. The van der Waals surface area contributed by atoms with Gasteiger partial charge in [-0.05, 0) is 35.2 Å². The van der Waals surface area contributed by atoms with E-state index in [-0.39, 0.29) is 16.7 Å². The van der Waals surface area contributed by atoms with Crippen LogP contribution in [0.25, 0.3) is 0 Å². The average molecular weight is 338 g/mol. The molecule has 2 N–H and O–H groups in total. The number of carbonyl (C=O) groups excluding carboxylic acids is 1. The van der Waals surface area contributed by atoms with Crippen LogP contribution in [0.1, 0.15) is 18.4 Å². The Bertz CT molecular complexity index is 800. The molecule has 0 saturated heterocycles. The average Bonchev–Trinajstić information content (AvgIpc) is 2.97. The highest BCUT2D eigenvalue weighted by Gasteiger charge is 2.21. The molecule has 1 aromatic carbocycles. The molecule has 116 valence electrons. The molecule has 0 spiro atoms. The van der Waals surface area contributed by atoms with Crippen molar-refractivity contribution < 1.29 is 17.9 Å². The summed E-state index contributed by atoms with van der Waals surface area (Å²) in [5, 5.41) is 4.34. The minimum atomic E-state index is -3.58. The van der Waals surface area contributed by atoms with Crippen LogP contribution < -0.4 is 10.0 Å². The number of rotatable bonds is 3. The molecule has 8 heteroatoms. The van der Waals surface area contributed by atoms with Gasteiger partial charge in [-0.1, -0.05) is 13.0 Å². The Labute approximate surface area is 132 Å². The van der Waals surface area contributed by atoms with Gasteiger partial charge >= 0.3 is 6.09 Å². The molecule has 3 rings (SSSR count). The Morgan fingerprint density at radius 1 is 1.36 bits per heavy atom. The number of hydrogen-bond donors (Lipinski definition) is 2. The molecule has 6 nitrogen and oxygen atoms in total. The van der Waals surface area contributed by atoms with Gasteiger partial charge in [0.1, 0.15) is 4.21 Å². The number of sulfonamides is 1. The Morgan fingerprint density at radius 3 is 2.91 bits per heavy atom. The van der Waals surface area contributed by atoms with Crippen LogP contribution in [-0.2, 0) is 14.8 Å². The number of ether oxygens (including phenoxy) is 1. The molecule has 1 unspecified atom stereocenters. The highest BCUT2D eigenvalue weighted by Crippen LogP contribution is 2.31. The normalized spacial score (nSPS) is 17.9. The molecule has 0 aliphatic carbocycles. The third kappa shape index (κ3) is 2.93. The standard InChI is InChI=1S/C14H14N2O4S2/c1-9-8-20-14(17)15-12-5-4-10(7-11(9)12)16-22(18,19)13-3-2-6-21-13/h2-7,9,16H,8H2,1H3,(H,15,17). The van der Waals surface area contributed by atoms with Crippen molar-refractivity contribution in [1.82, 2.24) is 0 Å². The summed E-state index contributed by atoms with van der Waals surface area (Å²) in [7, 11) is -3.58. The van der Waals surface area contributed by atoms with Gasteiger partial charge in [-0.3, -0.25) is 10.0 Å². The Kier molecular flexibility index (Phi) is 3.79. The highest BCUT2D eigenvalue weighted by molar-refractivity contribution is 7.94. The van der Waals surface area contributed by atoms with Gasteiger partial charge in [0.25, 0.3) is 10.0 Å². The second-order valence-electron chi connectivity index (χ2n) is 4.96. The van der Waals surface area contributed by atoms with Gasteiger partial charge in [-0.2, -0.15) is 0 Å². The second-order valence-corrected chi connectivity index (χ2v) is 7.82. The largest absolute Gasteiger partial charge is 0.449 e. The summed E-state index contributed by atoms with van der Waals surface area (Å²) < 4.78 is 32.3. The van der Waals surface area contributed by atoms with Crippen molar-refractivity contribution in [1.29, 1.82) is 0 Å². The third-order valence-electron chi connectivity index (χ3n) is 3.30. The first kappa shape index (κ1) is 14.9. The quantitative estimate of drug-likeness (QED) is 0.900. The lowest BCUT2D eigenvalue weighted by molar-refractivity contribution is 0.158. The molecule has 0 fully saturated rings. The van der Waals surface area contributed by atoms with Crippen molar-refractivity contribution in [3.63, 3.8) is 0 Å². The third-order valence-corrected chi connectivity index (χ3v) is 6.07. The van der Waals surface area contributed by atoms with Crippen LogP contribution in [0.5, 0.6) is 0 Å². The van der Waals surface area contributed by atoms with Crippen molar-refractivity contribution in [3.05, 3.63) is 41.3 Å². The van der Waals surface area contributed by atoms with Crippen molar-refractivity contribution in [3.8, 4) is 0 Å². The summed E-state index contributed by atoms with van der Waals surface area (Å²) in [4.78, 5) is 11.4. The zero-order chi connectivity index (χ0) is 15.7. The maximum absolute atomic E-state index is 12.2. The Morgan fingerprint density at radius 2 is 2.18 bits per heavy atom. The summed E-state index contributed by atoms with van der Waals surface area (Å²) in [5.74, 6) is -0.0276. The summed E-state index contributed by atoms with van der Waals surface area (Å²) in [6.07, 6.45) is -0.502. The molecule has 1 aromatic heterocycles. The van der Waals surface area contributed by atoms with E-state index in [0.717, 1.165) is 16.9 Å². The van der Waals surface area contributed by atoms with Crippen LogP contribution in [0.15, 0.2) is 39.9 Å². The zero-order valence-electron chi connectivity index (χ0n) is 11.7. The van der Waals surface area contributed by atoms with Crippen molar-refractivity contribution in [2.45, 2.75) is 17.1 Å². The fourth-order valence-corrected chi connectivity index (χ4v) is 4.25. The number of fused-ring (bicyclic) bond motifs is 1. The molecule has 0 bridgehead atoms. The van der Waals surface area contributed by atoms with E-state index in [1.807, 2.05) is 6.92 Å². The lowest BCUT2D eigenvalue weighted by Crippen LogP contribution is -2.12. The molecular weight excluding hydrogens is 324 g/mol. The van der Waals surface area contributed by atoms with E-state index in [1.54, 1.807) is 35.7 Å². The molecule has 1 atom stereocenters. The molecule has 0 saturated carbocycles. The van der Waals surface area contributed by atoms with E-state index < -0.39 is 16.1 Å². The van der Waals surface area contributed by atoms with Gasteiger partial charge in [0.2, 0.25) is 0 Å². The van der Waals surface area contributed by atoms with Crippen molar-refractivity contribution in [2.75, 3.05) is 16.6 Å². The zero-order valence-corrected chi connectivity index (χ0v) is 13.3. The van der Waals surface area contributed by atoms with E-state index in [2.05, 4.69) is 10.0 Å². The number of thiophene rings is 1. The molecule has 2 aromatic rings. The number of nitrogens with one attached hydrogen (secondary N) is 2. The molecule has 1 aliphatic heterocycles. The summed E-state index contributed by atoms with van der Waals surface area (Å²) in [5.41, 5.74) is 1.92. The van der Waals surface area contributed by atoms with Crippen LogP contribution in [0.2, 0.25) is 0 Å². The van der Waals surface area contributed by atoms with Gasteiger partial charge in [0.05, 0.1) is 6.61 Å². The number of hydrogen-bond acceptors (Lipinski definition) is 5. The van der Waals surface area contributed by atoms with E-state index in [0.29, 0.717) is 11.4 Å².